The minimum Gasteiger partial charge on any atom is -0.337 e. The molecular formula is C13H15BrO2S. The van der Waals surface area contributed by atoms with E-state index >= 15 is 0 Å². The van der Waals surface area contributed by atoms with E-state index < -0.39 is 5.12 Å². The Morgan fingerprint density at radius 2 is 1.88 bits per heavy atom. The highest BCUT2D eigenvalue weighted by Gasteiger charge is 2.52. The Morgan fingerprint density at radius 3 is 2.35 bits per heavy atom. The Kier molecular flexibility index (Phi) is 3.02. The van der Waals surface area contributed by atoms with Crippen molar-refractivity contribution in [3.8, 4) is 0 Å². The first-order valence-electron chi connectivity index (χ1n) is 5.86. The van der Waals surface area contributed by atoms with Gasteiger partial charge in [0.15, 0.2) is 0 Å². The molecule has 0 saturated carbocycles. The molecule has 0 amide bonds. The van der Waals surface area contributed by atoms with Crippen molar-refractivity contribution in [3.63, 3.8) is 0 Å². The van der Waals surface area contributed by atoms with Crippen LogP contribution in [0, 0.1) is 5.41 Å². The van der Waals surface area contributed by atoms with Gasteiger partial charge in [-0.3, -0.25) is 0 Å². The van der Waals surface area contributed by atoms with Crippen LogP contribution in [0.25, 0.3) is 0 Å². The van der Waals surface area contributed by atoms with Gasteiger partial charge >= 0.3 is 0 Å². The summed E-state index contributed by atoms with van der Waals surface area (Å²) in [5, 5.41) is -0.558. The van der Waals surface area contributed by atoms with Crippen molar-refractivity contribution in [2.24, 2.45) is 5.41 Å². The van der Waals surface area contributed by atoms with Crippen LogP contribution < -0.4 is 0 Å². The second-order valence-corrected chi connectivity index (χ2v) is 6.81. The Labute approximate surface area is 114 Å². The largest absolute Gasteiger partial charge is 0.337 e. The van der Waals surface area contributed by atoms with Crippen LogP contribution in [0.3, 0.4) is 0 Å². The van der Waals surface area contributed by atoms with Gasteiger partial charge in [-0.05, 0) is 18.6 Å². The molecule has 17 heavy (non-hydrogen) atoms. The summed E-state index contributed by atoms with van der Waals surface area (Å²) >= 11 is 5.23. The van der Waals surface area contributed by atoms with Crippen LogP contribution in [0.2, 0.25) is 0 Å². The van der Waals surface area contributed by atoms with Crippen LogP contribution in [0.15, 0.2) is 28.7 Å². The van der Waals surface area contributed by atoms with E-state index in [9.17, 15) is 0 Å². The Balaban J connectivity index is 1.88. The number of hydrogen-bond acceptors (Lipinski definition) is 3. The number of ether oxygens (including phenoxy) is 2. The van der Waals surface area contributed by atoms with Crippen molar-refractivity contribution in [2.75, 3.05) is 19.0 Å². The van der Waals surface area contributed by atoms with Crippen LogP contribution >= 0.6 is 27.7 Å². The molecule has 2 bridgehead atoms. The number of rotatable bonds is 2. The second kappa shape index (κ2) is 4.26. The summed E-state index contributed by atoms with van der Waals surface area (Å²) < 4.78 is 13.1. The molecule has 4 heteroatoms. The average molecular weight is 315 g/mol. The predicted molar refractivity (Wildman–Crippen MR) is 72.9 cm³/mol. The molecule has 0 aromatic heterocycles. The molecule has 3 aliphatic heterocycles. The van der Waals surface area contributed by atoms with Gasteiger partial charge < -0.3 is 9.47 Å². The van der Waals surface area contributed by atoms with Crippen LogP contribution in [0.5, 0.6) is 0 Å². The molecular weight excluding hydrogens is 300 g/mol. The zero-order valence-corrected chi connectivity index (χ0v) is 12.1. The smallest absolute Gasteiger partial charge is 0.245 e. The zero-order valence-electron chi connectivity index (χ0n) is 9.74. The molecule has 0 N–H and O–H groups in total. The number of halogens is 1. The van der Waals surface area contributed by atoms with E-state index in [0.29, 0.717) is 0 Å². The van der Waals surface area contributed by atoms with Crippen molar-refractivity contribution in [1.29, 1.82) is 0 Å². The summed E-state index contributed by atoms with van der Waals surface area (Å²) in [6, 6.07) is 8.21. The summed E-state index contributed by atoms with van der Waals surface area (Å²) in [5.41, 5.74) is 1.34. The molecule has 0 spiro atoms. The maximum atomic E-state index is 6.01. The van der Waals surface area contributed by atoms with Crippen molar-refractivity contribution >= 4 is 27.7 Å². The number of thioether (sulfide) groups is 1. The van der Waals surface area contributed by atoms with E-state index in [1.54, 1.807) is 11.8 Å². The lowest BCUT2D eigenvalue weighted by Crippen LogP contribution is -2.53. The van der Waals surface area contributed by atoms with Gasteiger partial charge in [-0.1, -0.05) is 46.7 Å². The molecule has 3 fully saturated rings. The van der Waals surface area contributed by atoms with E-state index in [1.165, 1.54) is 0 Å². The monoisotopic (exact) mass is 314 g/mol. The summed E-state index contributed by atoms with van der Waals surface area (Å²) in [5.74, 6) is 1.12. The summed E-state index contributed by atoms with van der Waals surface area (Å²) in [7, 11) is 0. The molecule has 3 heterocycles. The molecule has 0 aliphatic carbocycles. The fraction of sp³-hybridized carbons (Fsp3) is 0.538. The molecule has 0 unspecified atom stereocenters. The van der Waals surface area contributed by atoms with Crippen LogP contribution in [0.4, 0.5) is 0 Å². The van der Waals surface area contributed by atoms with Crippen LogP contribution in [-0.2, 0) is 14.6 Å². The van der Waals surface area contributed by atoms with Gasteiger partial charge in [-0.25, -0.2) is 0 Å². The maximum absolute atomic E-state index is 6.01. The quantitative estimate of drug-likeness (QED) is 0.828. The Hall–Kier alpha value is -0.0300. The van der Waals surface area contributed by atoms with Gasteiger partial charge in [0.25, 0.3) is 0 Å². The lowest BCUT2D eigenvalue weighted by atomic mass is 9.88. The van der Waals surface area contributed by atoms with Gasteiger partial charge in [0.05, 0.1) is 13.2 Å². The van der Waals surface area contributed by atoms with Crippen molar-refractivity contribution < 1.29 is 9.47 Å². The molecule has 0 radical (unpaired) electrons. The average Bonchev–Trinajstić information content (AvgIpc) is 2.41. The van der Waals surface area contributed by atoms with Crippen molar-refractivity contribution in [2.45, 2.75) is 18.5 Å². The highest BCUT2D eigenvalue weighted by molar-refractivity contribution is 9.10. The first kappa shape index (κ1) is 12.0. The topological polar surface area (TPSA) is 18.5 Å². The number of benzene rings is 1. The molecule has 92 valence electrons. The second-order valence-electron chi connectivity index (χ2n) is 4.78. The zero-order chi connectivity index (χ0) is 11.9. The molecule has 2 nitrogen and oxygen atoms in total. The van der Waals surface area contributed by atoms with Crippen molar-refractivity contribution in [3.05, 3.63) is 34.3 Å². The first-order valence-corrected chi connectivity index (χ1v) is 7.64. The van der Waals surface area contributed by atoms with Gasteiger partial charge in [0, 0.05) is 21.2 Å². The highest BCUT2D eigenvalue weighted by Crippen LogP contribution is 2.53. The van der Waals surface area contributed by atoms with Gasteiger partial charge in [-0.15, -0.1) is 0 Å². The van der Waals surface area contributed by atoms with Crippen LogP contribution in [-0.4, -0.2) is 19.0 Å². The van der Waals surface area contributed by atoms with E-state index in [-0.39, 0.29) is 5.41 Å². The first-order chi connectivity index (χ1) is 8.18. The Bertz CT molecular complexity index is 393. The lowest BCUT2D eigenvalue weighted by molar-refractivity contribution is -0.265. The van der Waals surface area contributed by atoms with E-state index in [0.717, 1.165) is 35.4 Å². The SMILES string of the molecule is CCC12COC(c3ccc(Br)cc3)(OC1)SC2. The maximum Gasteiger partial charge on any atom is 0.245 e. The standard InChI is InChI=1S/C13H15BrO2S/c1-2-12-7-15-13(16-8-12,17-9-12)10-3-5-11(14)6-4-10/h3-6H,2,7-9H2,1H3. The van der Waals surface area contributed by atoms with Crippen molar-refractivity contribution in [1.82, 2.24) is 0 Å². The molecule has 3 aliphatic rings. The third kappa shape index (κ3) is 1.95. The molecule has 0 atom stereocenters. The third-order valence-corrected chi connectivity index (χ3v) is 5.79. The number of fused-ring (bicyclic) bond motifs is 3. The summed E-state index contributed by atoms with van der Waals surface area (Å²) in [6.07, 6.45) is 1.12. The molecule has 4 rings (SSSR count). The van der Waals surface area contributed by atoms with E-state index in [2.05, 4.69) is 35.0 Å². The highest BCUT2D eigenvalue weighted by atomic mass is 79.9. The predicted octanol–water partition coefficient (Wildman–Crippen LogP) is 3.75. The molecule has 1 aromatic rings. The fourth-order valence-electron chi connectivity index (χ4n) is 2.20. The lowest BCUT2D eigenvalue weighted by Gasteiger charge is -2.51. The molecule has 1 aromatic carbocycles. The van der Waals surface area contributed by atoms with E-state index in [1.807, 2.05) is 12.1 Å². The van der Waals surface area contributed by atoms with E-state index in [4.69, 9.17) is 9.47 Å². The normalized spacial score (nSPS) is 36.1. The van der Waals surface area contributed by atoms with Gasteiger partial charge in [0.1, 0.15) is 0 Å². The van der Waals surface area contributed by atoms with Gasteiger partial charge in [-0.2, -0.15) is 0 Å². The third-order valence-electron chi connectivity index (χ3n) is 3.65. The van der Waals surface area contributed by atoms with Gasteiger partial charge in [0.2, 0.25) is 5.12 Å². The minimum atomic E-state index is -0.558. The number of hydrogen-bond donors (Lipinski definition) is 0. The minimum absolute atomic E-state index is 0.238. The fourth-order valence-corrected chi connectivity index (χ4v) is 3.92. The summed E-state index contributed by atoms with van der Waals surface area (Å²) in [6.45, 7) is 3.84. The molecule has 3 saturated heterocycles. The summed E-state index contributed by atoms with van der Waals surface area (Å²) in [4.78, 5) is 0. The van der Waals surface area contributed by atoms with Crippen LogP contribution in [0.1, 0.15) is 18.9 Å². The Morgan fingerprint density at radius 1 is 1.24 bits per heavy atom.